The first kappa shape index (κ1) is 17.9. The molecule has 2 N–H and O–H groups in total. The second kappa shape index (κ2) is 7.52. The Balaban J connectivity index is 1.74. The number of esters is 1. The zero-order valence-corrected chi connectivity index (χ0v) is 15.5. The number of ether oxygens (including phenoxy) is 1. The van der Waals surface area contributed by atoms with Gasteiger partial charge in [0.15, 0.2) is 5.65 Å². The quantitative estimate of drug-likeness (QED) is 0.670. The maximum Gasteiger partial charge on any atom is 0.319 e. The number of aromatic nitrogens is 3. The number of amides is 2. The summed E-state index contributed by atoms with van der Waals surface area (Å²) in [5, 5.41) is 12.6. The molecule has 1 atom stereocenters. The van der Waals surface area contributed by atoms with Crippen molar-refractivity contribution >= 4 is 40.1 Å². The van der Waals surface area contributed by atoms with Crippen LogP contribution in [0.4, 0.5) is 10.5 Å². The van der Waals surface area contributed by atoms with Gasteiger partial charge < -0.3 is 15.4 Å². The maximum atomic E-state index is 12.4. The van der Waals surface area contributed by atoms with E-state index in [1.807, 2.05) is 37.6 Å². The van der Waals surface area contributed by atoms with E-state index in [-0.39, 0.29) is 6.42 Å². The standard InChI is InChI=1S/C17H19N5O3S/c1-10-12-7-11(9-18-16(12)22(2)21-10)19-17(24)20-13(8-15(23)25-3)14-5-4-6-26-14/h4-7,9,13H,8H2,1-3H3,(H2,19,20,24)/t13-/m1/s1. The predicted molar refractivity (Wildman–Crippen MR) is 99.1 cm³/mol. The number of aryl methyl sites for hydroxylation is 2. The van der Waals surface area contributed by atoms with Gasteiger partial charge in [-0.3, -0.25) is 9.48 Å². The number of hydrogen-bond acceptors (Lipinski definition) is 6. The number of nitrogens with zero attached hydrogens (tertiary/aromatic N) is 3. The number of thiophene rings is 1. The van der Waals surface area contributed by atoms with E-state index in [9.17, 15) is 9.59 Å². The van der Waals surface area contributed by atoms with Gasteiger partial charge in [0, 0.05) is 17.3 Å². The Morgan fingerprint density at radius 3 is 2.92 bits per heavy atom. The predicted octanol–water partition coefficient (Wildman–Crippen LogP) is 2.76. The first-order valence-electron chi connectivity index (χ1n) is 7.95. The fourth-order valence-corrected chi connectivity index (χ4v) is 3.44. The van der Waals surface area contributed by atoms with E-state index in [0.717, 1.165) is 21.6 Å². The summed E-state index contributed by atoms with van der Waals surface area (Å²) in [6.07, 6.45) is 1.63. The van der Waals surface area contributed by atoms with Crippen LogP contribution in [-0.4, -0.2) is 33.9 Å². The van der Waals surface area contributed by atoms with Crippen LogP contribution in [0, 0.1) is 6.92 Å². The topological polar surface area (TPSA) is 98.1 Å². The summed E-state index contributed by atoms with van der Waals surface area (Å²) in [5.41, 5.74) is 2.13. The van der Waals surface area contributed by atoms with Gasteiger partial charge in [-0.25, -0.2) is 9.78 Å². The number of hydrogen-bond donors (Lipinski definition) is 2. The molecule has 0 fully saturated rings. The van der Waals surface area contributed by atoms with Crippen LogP contribution in [0.5, 0.6) is 0 Å². The molecule has 0 saturated carbocycles. The van der Waals surface area contributed by atoms with Gasteiger partial charge in [-0.05, 0) is 24.4 Å². The van der Waals surface area contributed by atoms with Crippen molar-refractivity contribution in [3.8, 4) is 0 Å². The first-order chi connectivity index (χ1) is 12.5. The fourth-order valence-electron chi connectivity index (χ4n) is 2.66. The van der Waals surface area contributed by atoms with Gasteiger partial charge in [0.2, 0.25) is 0 Å². The number of anilines is 1. The minimum atomic E-state index is -0.459. The normalized spacial score (nSPS) is 12.0. The number of methoxy groups -OCH3 is 1. The number of pyridine rings is 1. The molecular weight excluding hydrogens is 354 g/mol. The summed E-state index contributed by atoms with van der Waals surface area (Å²) in [7, 11) is 3.14. The van der Waals surface area contributed by atoms with Crippen LogP contribution < -0.4 is 10.6 Å². The lowest BCUT2D eigenvalue weighted by molar-refractivity contribution is -0.141. The first-order valence-corrected chi connectivity index (χ1v) is 8.83. The average molecular weight is 373 g/mol. The van der Waals surface area contributed by atoms with Crippen LogP contribution in [-0.2, 0) is 16.6 Å². The van der Waals surface area contributed by atoms with E-state index in [1.54, 1.807) is 10.9 Å². The van der Waals surface area contributed by atoms with Crippen LogP contribution >= 0.6 is 11.3 Å². The minimum Gasteiger partial charge on any atom is -0.469 e. The summed E-state index contributed by atoms with van der Waals surface area (Å²) < 4.78 is 6.41. The molecule has 3 heterocycles. The molecule has 136 valence electrons. The molecule has 0 radical (unpaired) electrons. The van der Waals surface area contributed by atoms with E-state index in [4.69, 9.17) is 4.74 Å². The van der Waals surface area contributed by atoms with Crippen molar-refractivity contribution in [1.29, 1.82) is 0 Å². The largest absolute Gasteiger partial charge is 0.469 e. The van der Waals surface area contributed by atoms with E-state index in [2.05, 4.69) is 20.7 Å². The zero-order chi connectivity index (χ0) is 18.7. The molecule has 0 aliphatic carbocycles. The molecule has 0 saturated heterocycles. The van der Waals surface area contributed by atoms with Gasteiger partial charge in [0.25, 0.3) is 0 Å². The third-order valence-electron chi connectivity index (χ3n) is 3.91. The molecule has 8 nitrogen and oxygen atoms in total. The lowest BCUT2D eigenvalue weighted by Gasteiger charge is -2.17. The van der Waals surface area contributed by atoms with Gasteiger partial charge in [-0.1, -0.05) is 6.07 Å². The molecule has 2 amide bonds. The van der Waals surface area contributed by atoms with Crippen molar-refractivity contribution in [2.45, 2.75) is 19.4 Å². The molecule has 0 bridgehead atoms. The lowest BCUT2D eigenvalue weighted by atomic mass is 10.2. The summed E-state index contributed by atoms with van der Waals surface area (Å²) in [4.78, 5) is 29.2. The highest BCUT2D eigenvalue weighted by Gasteiger charge is 2.20. The van der Waals surface area contributed by atoms with E-state index >= 15 is 0 Å². The van der Waals surface area contributed by atoms with Crippen LogP contribution in [0.15, 0.2) is 29.8 Å². The highest BCUT2D eigenvalue weighted by Crippen LogP contribution is 2.23. The second-order valence-corrected chi connectivity index (χ2v) is 6.73. The van der Waals surface area contributed by atoms with Gasteiger partial charge in [-0.2, -0.15) is 5.10 Å². The molecule has 3 aromatic heterocycles. The number of rotatable bonds is 5. The Morgan fingerprint density at radius 1 is 1.42 bits per heavy atom. The molecule has 9 heteroatoms. The highest BCUT2D eigenvalue weighted by atomic mass is 32.1. The summed E-state index contributed by atoms with van der Waals surface area (Å²) in [6.45, 7) is 1.89. The van der Waals surface area contributed by atoms with Crippen LogP contribution in [0.2, 0.25) is 0 Å². The molecule has 26 heavy (non-hydrogen) atoms. The van der Waals surface area contributed by atoms with Crippen LogP contribution in [0.25, 0.3) is 11.0 Å². The zero-order valence-electron chi connectivity index (χ0n) is 14.6. The van der Waals surface area contributed by atoms with E-state index in [1.165, 1.54) is 18.4 Å². The van der Waals surface area contributed by atoms with E-state index in [0.29, 0.717) is 5.69 Å². The average Bonchev–Trinajstić information content (AvgIpc) is 3.23. The monoisotopic (exact) mass is 373 g/mol. The molecule has 0 aliphatic rings. The lowest BCUT2D eigenvalue weighted by Crippen LogP contribution is -2.33. The van der Waals surface area contributed by atoms with E-state index < -0.39 is 18.0 Å². The summed E-state index contributed by atoms with van der Waals surface area (Å²) in [5.74, 6) is -0.391. The summed E-state index contributed by atoms with van der Waals surface area (Å²) >= 11 is 1.46. The van der Waals surface area contributed by atoms with Crippen molar-refractivity contribution < 1.29 is 14.3 Å². The Bertz CT molecular complexity index is 935. The fraction of sp³-hybridized carbons (Fsp3) is 0.294. The van der Waals surface area contributed by atoms with Gasteiger partial charge in [0.05, 0.1) is 37.2 Å². The number of nitrogens with one attached hydrogen (secondary N) is 2. The number of urea groups is 1. The highest BCUT2D eigenvalue weighted by molar-refractivity contribution is 7.10. The SMILES string of the molecule is COC(=O)C[C@@H](NC(=O)Nc1cnc2c(c1)c(C)nn2C)c1cccs1. The van der Waals surface area contributed by atoms with Gasteiger partial charge >= 0.3 is 12.0 Å². The van der Waals surface area contributed by atoms with Crippen molar-refractivity contribution in [2.24, 2.45) is 7.05 Å². The Kier molecular flexibility index (Phi) is 5.17. The molecule has 0 aromatic carbocycles. The third-order valence-corrected chi connectivity index (χ3v) is 4.90. The molecular formula is C17H19N5O3S. The number of fused-ring (bicyclic) bond motifs is 1. The smallest absolute Gasteiger partial charge is 0.319 e. The van der Waals surface area contributed by atoms with Crippen LogP contribution in [0.1, 0.15) is 23.0 Å². The number of carbonyl (C=O) groups is 2. The van der Waals surface area contributed by atoms with Crippen molar-refractivity contribution in [3.05, 3.63) is 40.3 Å². The van der Waals surface area contributed by atoms with Crippen molar-refractivity contribution in [3.63, 3.8) is 0 Å². The summed E-state index contributed by atoms with van der Waals surface area (Å²) in [6, 6.07) is 4.68. The molecule has 3 rings (SSSR count). The Labute approximate surface area is 154 Å². The molecule has 3 aromatic rings. The third kappa shape index (κ3) is 3.83. The number of carbonyl (C=O) groups excluding carboxylic acids is 2. The Hall–Kier alpha value is -2.94. The molecule has 0 unspecified atom stereocenters. The maximum absolute atomic E-state index is 12.4. The van der Waals surface area contributed by atoms with Crippen molar-refractivity contribution in [1.82, 2.24) is 20.1 Å². The Morgan fingerprint density at radius 2 is 2.23 bits per heavy atom. The minimum absolute atomic E-state index is 0.0590. The van der Waals surface area contributed by atoms with Gasteiger partial charge in [-0.15, -0.1) is 11.3 Å². The molecule has 0 spiro atoms. The van der Waals surface area contributed by atoms with Crippen molar-refractivity contribution in [2.75, 3.05) is 12.4 Å². The van der Waals surface area contributed by atoms with Gasteiger partial charge in [0.1, 0.15) is 0 Å². The van der Waals surface area contributed by atoms with Crippen LogP contribution in [0.3, 0.4) is 0 Å². The second-order valence-electron chi connectivity index (χ2n) is 5.75. The molecule has 0 aliphatic heterocycles.